The molecule has 4 aromatic rings. The van der Waals surface area contributed by atoms with Gasteiger partial charge >= 0.3 is 8.60 Å². The Morgan fingerprint density at radius 1 is 0.839 bits per heavy atom. The Labute approximate surface area is 182 Å². The van der Waals surface area contributed by atoms with Crippen LogP contribution in [0.5, 0.6) is 11.5 Å². The molecule has 0 saturated carbocycles. The van der Waals surface area contributed by atoms with Gasteiger partial charge in [-0.05, 0) is 28.5 Å². The van der Waals surface area contributed by atoms with Crippen LogP contribution in [-0.4, -0.2) is 6.61 Å². The summed E-state index contributed by atoms with van der Waals surface area (Å²) in [7, 11) is -1.64. The molecule has 0 N–H and O–H groups in total. The van der Waals surface area contributed by atoms with Crippen molar-refractivity contribution in [1.82, 2.24) is 0 Å². The highest BCUT2D eigenvalue weighted by molar-refractivity contribution is 7.42. The summed E-state index contributed by atoms with van der Waals surface area (Å²) in [4.78, 5) is 0. The minimum atomic E-state index is -1.64. The maximum absolute atomic E-state index is 6.45. The normalized spacial score (nSPS) is 17.4. The third kappa shape index (κ3) is 3.98. The van der Waals surface area contributed by atoms with Crippen molar-refractivity contribution in [1.29, 1.82) is 0 Å². The molecule has 0 aliphatic carbocycles. The average Bonchev–Trinajstić information content (AvgIpc) is 2.98. The molecule has 0 bridgehead atoms. The van der Waals surface area contributed by atoms with E-state index in [1.165, 1.54) is 0 Å². The molecule has 4 aromatic carbocycles. The summed E-state index contributed by atoms with van der Waals surface area (Å²) < 4.78 is 18.8. The fraction of sp³-hybridized carbons (Fsp3) is 0.0370. The van der Waals surface area contributed by atoms with E-state index in [-0.39, 0.29) is 0 Å². The first-order chi connectivity index (χ1) is 15.3. The van der Waals surface area contributed by atoms with Gasteiger partial charge in [-0.3, -0.25) is 4.52 Å². The largest absolute Gasteiger partial charge is 0.463 e. The lowest BCUT2D eigenvalue weighted by Gasteiger charge is -2.18. The van der Waals surface area contributed by atoms with E-state index in [1.807, 2.05) is 66.8 Å². The van der Waals surface area contributed by atoms with Gasteiger partial charge in [0.1, 0.15) is 11.5 Å². The number of fused-ring (bicyclic) bond motifs is 3. The molecule has 1 aliphatic rings. The van der Waals surface area contributed by atoms with Crippen molar-refractivity contribution in [3.8, 4) is 11.5 Å². The minimum Gasteiger partial charge on any atom is -0.417 e. The molecule has 31 heavy (non-hydrogen) atoms. The van der Waals surface area contributed by atoms with E-state index in [4.69, 9.17) is 13.6 Å². The van der Waals surface area contributed by atoms with Crippen molar-refractivity contribution in [2.45, 2.75) is 0 Å². The summed E-state index contributed by atoms with van der Waals surface area (Å²) in [6.07, 6.45) is 7.62. The van der Waals surface area contributed by atoms with E-state index >= 15 is 0 Å². The molecule has 0 aromatic heterocycles. The van der Waals surface area contributed by atoms with E-state index in [1.54, 1.807) is 6.08 Å². The maximum Gasteiger partial charge on any atom is 0.463 e. The molecule has 0 amide bonds. The number of allylic oxidation sites excluding steroid dienone is 4. The standard InChI is InChI=1S/C27H21O3P/c1-2-3-4-13-22-19-28-31(29-26-17-10-9-14-23(22)26)30-27-24-15-7-5-11-20(24)18-21-12-6-8-16-25(21)27/h2-18H,1,19H2/b4-3-,22-13+. The smallest absolute Gasteiger partial charge is 0.417 e. The highest BCUT2D eigenvalue weighted by atomic mass is 31.2. The third-order valence-electron chi connectivity index (χ3n) is 5.16. The van der Waals surface area contributed by atoms with Gasteiger partial charge in [-0.15, -0.1) is 0 Å². The van der Waals surface area contributed by atoms with Crippen LogP contribution >= 0.6 is 8.60 Å². The summed E-state index contributed by atoms with van der Waals surface area (Å²) in [6, 6.07) is 26.6. The molecule has 5 rings (SSSR count). The van der Waals surface area contributed by atoms with Crippen LogP contribution < -0.4 is 9.05 Å². The summed E-state index contributed by atoms with van der Waals surface area (Å²) in [5.41, 5.74) is 2.04. The van der Waals surface area contributed by atoms with Gasteiger partial charge in [0.2, 0.25) is 0 Å². The van der Waals surface area contributed by atoms with Crippen molar-refractivity contribution in [3.63, 3.8) is 0 Å². The zero-order valence-electron chi connectivity index (χ0n) is 16.9. The molecule has 1 aliphatic heterocycles. The first-order valence-corrected chi connectivity index (χ1v) is 11.2. The highest BCUT2D eigenvalue weighted by Crippen LogP contribution is 2.50. The topological polar surface area (TPSA) is 27.7 Å². The molecular weight excluding hydrogens is 403 g/mol. The number of hydrogen-bond acceptors (Lipinski definition) is 3. The summed E-state index contributed by atoms with van der Waals surface area (Å²) in [6.45, 7) is 4.12. The molecule has 0 spiro atoms. The number of benzene rings is 4. The van der Waals surface area contributed by atoms with Gasteiger partial charge in [-0.1, -0.05) is 97.6 Å². The van der Waals surface area contributed by atoms with E-state index in [2.05, 4.69) is 36.9 Å². The van der Waals surface area contributed by atoms with Gasteiger partial charge in [-0.25, -0.2) is 0 Å². The molecule has 0 fully saturated rings. The highest BCUT2D eigenvalue weighted by Gasteiger charge is 2.26. The van der Waals surface area contributed by atoms with Crippen LogP contribution in [-0.2, 0) is 4.52 Å². The monoisotopic (exact) mass is 424 g/mol. The molecule has 152 valence electrons. The molecule has 1 heterocycles. The van der Waals surface area contributed by atoms with Crippen LogP contribution in [0.1, 0.15) is 5.56 Å². The van der Waals surface area contributed by atoms with Crippen LogP contribution in [0.25, 0.3) is 27.1 Å². The Balaban J connectivity index is 1.55. The first kappa shape index (κ1) is 19.6. The number of hydrogen-bond donors (Lipinski definition) is 0. The molecule has 4 heteroatoms. The third-order valence-corrected chi connectivity index (χ3v) is 6.18. The maximum atomic E-state index is 6.45. The fourth-order valence-corrected chi connectivity index (χ4v) is 4.75. The quantitative estimate of drug-likeness (QED) is 0.190. The molecule has 3 nitrogen and oxygen atoms in total. The molecular formula is C27H21O3P. The van der Waals surface area contributed by atoms with E-state index < -0.39 is 8.60 Å². The Hall–Kier alpha value is -3.39. The number of rotatable bonds is 4. The predicted molar refractivity (Wildman–Crippen MR) is 129 cm³/mol. The average molecular weight is 424 g/mol. The molecule has 1 atom stereocenters. The van der Waals surface area contributed by atoms with Crippen molar-refractivity contribution in [3.05, 3.63) is 115 Å². The van der Waals surface area contributed by atoms with Crippen LogP contribution in [0.3, 0.4) is 0 Å². The number of para-hydroxylation sites is 1. The van der Waals surface area contributed by atoms with Gasteiger partial charge in [0.15, 0.2) is 0 Å². The van der Waals surface area contributed by atoms with Crippen molar-refractivity contribution < 1.29 is 13.6 Å². The SMILES string of the molecule is C=C/C=C\C=C1/COP(Oc2c3ccccc3cc3ccccc23)Oc2ccccc21. The van der Waals surface area contributed by atoms with Gasteiger partial charge in [0.25, 0.3) is 0 Å². The van der Waals surface area contributed by atoms with E-state index in [0.717, 1.165) is 44.2 Å². The van der Waals surface area contributed by atoms with Gasteiger partial charge in [0, 0.05) is 16.3 Å². The van der Waals surface area contributed by atoms with Gasteiger partial charge < -0.3 is 9.05 Å². The van der Waals surface area contributed by atoms with Crippen LogP contribution in [0.15, 0.2) is 110 Å². The van der Waals surface area contributed by atoms with Crippen molar-refractivity contribution >= 4 is 35.7 Å². The first-order valence-electron chi connectivity index (χ1n) is 10.1. The lowest BCUT2D eigenvalue weighted by Crippen LogP contribution is -1.99. The van der Waals surface area contributed by atoms with Crippen molar-refractivity contribution in [2.75, 3.05) is 6.61 Å². The van der Waals surface area contributed by atoms with Crippen LogP contribution in [0.2, 0.25) is 0 Å². The summed E-state index contributed by atoms with van der Waals surface area (Å²) in [5, 5.41) is 4.32. The molecule has 0 saturated heterocycles. The zero-order valence-corrected chi connectivity index (χ0v) is 17.8. The van der Waals surface area contributed by atoms with Gasteiger partial charge in [0.05, 0.1) is 6.61 Å². The lowest BCUT2D eigenvalue weighted by atomic mass is 10.0. The van der Waals surface area contributed by atoms with Gasteiger partial charge in [-0.2, -0.15) is 0 Å². The zero-order chi connectivity index (χ0) is 21.0. The van der Waals surface area contributed by atoms with E-state index in [9.17, 15) is 0 Å². The summed E-state index contributed by atoms with van der Waals surface area (Å²) >= 11 is 0. The van der Waals surface area contributed by atoms with Crippen molar-refractivity contribution in [2.24, 2.45) is 0 Å². The second kappa shape index (κ2) is 8.77. The Morgan fingerprint density at radius 2 is 1.52 bits per heavy atom. The van der Waals surface area contributed by atoms with Crippen LogP contribution in [0.4, 0.5) is 0 Å². The summed E-state index contributed by atoms with van der Waals surface area (Å²) in [5.74, 6) is 1.55. The molecule has 0 radical (unpaired) electrons. The molecule has 1 unspecified atom stereocenters. The Kier molecular flexibility index (Phi) is 5.54. The second-order valence-corrected chi connectivity index (χ2v) is 8.21. The fourth-order valence-electron chi connectivity index (χ4n) is 3.70. The minimum absolute atomic E-state index is 0.396. The predicted octanol–water partition coefficient (Wildman–Crippen LogP) is 7.83. The van der Waals surface area contributed by atoms with E-state index in [0.29, 0.717) is 6.61 Å². The Bertz CT molecular complexity index is 1270. The van der Waals surface area contributed by atoms with Crippen LogP contribution in [0, 0.1) is 0 Å². The lowest BCUT2D eigenvalue weighted by molar-refractivity contribution is 0.306. The second-order valence-electron chi connectivity index (χ2n) is 7.14. The Morgan fingerprint density at radius 3 is 2.26 bits per heavy atom.